The van der Waals surface area contributed by atoms with Crippen molar-refractivity contribution in [2.24, 2.45) is 0 Å². The number of aromatic amines is 1. The van der Waals surface area contributed by atoms with Crippen molar-refractivity contribution in [2.45, 2.75) is 6.54 Å². The molecule has 6 heteroatoms. The van der Waals surface area contributed by atoms with Crippen LogP contribution in [-0.4, -0.2) is 17.0 Å². The van der Waals surface area contributed by atoms with Gasteiger partial charge in [0.2, 0.25) is 0 Å². The zero-order valence-electron chi connectivity index (χ0n) is 9.58. The number of hydrogen-bond donors (Lipinski definition) is 2. The quantitative estimate of drug-likeness (QED) is 0.758. The Morgan fingerprint density at radius 2 is 2.33 bits per heavy atom. The lowest BCUT2D eigenvalue weighted by molar-refractivity contribution is 0.760. The molecule has 0 unspecified atom stereocenters. The van der Waals surface area contributed by atoms with Crippen molar-refractivity contribution < 1.29 is 0 Å². The van der Waals surface area contributed by atoms with Crippen LogP contribution in [0.25, 0.3) is 20.3 Å². The molecule has 0 spiro atoms. The van der Waals surface area contributed by atoms with E-state index in [0.29, 0.717) is 22.1 Å². The fraction of sp³-hybridized carbons (Fsp3) is 0.167. The normalized spacial score (nSPS) is 11.4. The van der Waals surface area contributed by atoms with Gasteiger partial charge in [-0.3, -0.25) is 4.79 Å². The lowest BCUT2D eigenvalue weighted by Gasteiger charge is -1.99. The van der Waals surface area contributed by atoms with Crippen molar-refractivity contribution in [3.8, 4) is 0 Å². The molecule has 2 N–H and O–H groups in total. The number of H-pyrrole nitrogens is 1. The third kappa shape index (κ3) is 1.80. The zero-order chi connectivity index (χ0) is 12.7. The lowest BCUT2D eigenvalue weighted by Crippen LogP contribution is -2.15. The number of aromatic nitrogens is 2. The van der Waals surface area contributed by atoms with Gasteiger partial charge in [0.1, 0.15) is 10.5 Å². The third-order valence-electron chi connectivity index (χ3n) is 2.68. The topological polar surface area (TPSA) is 57.8 Å². The van der Waals surface area contributed by atoms with Gasteiger partial charge in [0, 0.05) is 15.1 Å². The van der Waals surface area contributed by atoms with Crippen LogP contribution < -0.4 is 10.9 Å². The van der Waals surface area contributed by atoms with Gasteiger partial charge in [-0.05, 0) is 25.2 Å². The summed E-state index contributed by atoms with van der Waals surface area (Å²) in [6.45, 7) is 0.531. The molecule has 3 aromatic rings. The van der Waals surface area contributed by atoms with E-state index in [2.05, 4.69) is 15.3 Å². The van der Waals surface area contributed by atoms with Gasteiger partial charge in [-0.25, -0.2) is 4.98 Å². The molecular weight excluding hydrogens is 270 g/mol. The first-order valence-corrected chi connectivity index (χ1v) is 6.64. The molecule has 0 amide bonds. The number of fused-ring (bicyclic) bond motifs is 3. The number of nitrogens with one attached hydrogen (secondary N) is 2. The maximum atomic E-state index is 12.0. The van der Waals surface area contributed by atoms with Gasteiger partial charge in [0.05, 0.1) is 12.1 Å². The van der Waals surface area contributed by atoms with E-state index in [1.54, 1.807) is 0 Å². The highest BCUT2D eigenvalue weighted by molar-refractivity contribution is 7.25. The molecule has 0 saturated carbocycles. The van der Waals surface area contributed by atoms with E-state index < -0.39 is 0 Å². The molecule has 0 atom stereocenters. The van der Waals surface area contributed by atoms with Crippen molar-refractivity contribution in [1.82, 2.24) is 15.3 Å². The summed E-state index contributed by atoms with van der Waals surface area (Å²) in [6, 6.07) is 5.59. The molecule has 0 bridgehead atoms. The Labute approximate surface area is 112 Å². The van der Waals surface area contributed by atoms with Crippen molar-refractivity contribution in [3.05, 3.63) is 39.4 Å². The molecule has 0 aliphatic rings. The van der Waals surface area contributed by atoms with Crippen molar-refractivity contribution in [2.75, 3.05) is 7.05 Å². The van der Waals surface area contributed by atoms with Gasteiger partial charge in [-0.2, -0.15) is 0 Å². The molecule has 0 saturated heterocycles. The third-order valence-corrected chi connectivity index (χ3v) is 4.07. The SMILES string of the molecule is CNCc1nc2c(sc3ccc(Cl)cc32)c(=O)[nH]1. The first kappa shape index (κ1) is 11.6. The first-order chi connectivity index (χ1) is 8.69. The van der Waals surface area contributed by atoms with Crippen molar-refractivity contribution in [1.29, 1.82) is 0 Å². The largest absolute Gasteiger partial charge is 0.313 e. The fourth-order valence-corrected chi connectivity index (χ4v) is 3.11. The maximum absolute atomic E-state index is 12.0. The van der Waals surface area contributed by atoms with Crippen LogP contribution in [0.5, 0.6) is 0 Å². The second-order valence-electron chi connectivity index (χ2n) is 3.96. The predicted molar refractivity (Wildman–Crippen MR) is 75.5 cm³/mol. The number of nitrogens with zero attached hydrogens (tertiary/aromatic N) is 1. The minimum Gasteiger partial charge on any atom is -0.313 e. The Morgan fingerprint density at radius 1 is 1.50 bits per heavy atom. The predicted octanol–water partition coefficient (Wildman–Crippen LogP) is 2.51. The highest BCUT2D eigenvalue weighted by Crippen LogP contribution is 2.32. The molecular formula is C12H10ClN3OS. The molecule has 2 heterocycles. The van der Waals surface area contributed by atoms with Crippen LogP contribution in [0.4, 0.5) is 0 Å². The summed E-state index contributed by atoms with van der Waals surface area (Å²) in [5.41, 5.74) is 0.633. The Bertz CT molecular complexity index is 793. The van der Waals surface area contributed by atoms with Gasteiger partial charge in [0.15, 0.2) is 0 Å². The van der Waals surface area contributed by atoms with E-state index in [4.69, 9.17) is 11.6 Å². The highest BCUT2D eigenvalue weighted by atomic mass is 35.5. The van der Waals surface area contributed by atoms with Gasteiger partial charge < -0.3 is 10.3 Å². The van der Waals surface area contributed by atoms with Crippen LogP contribution in [-0.2, 0) is 6.54 Å². The smallest absolute Gasteiger partial charge is 0.268 e. The summed E-state index contributed by atoms with van der Waals surface area (Å²) in [4.78, 5) is 19.2. The average Bonchev–Trinajstić information content (AvgIpc) is 2.69. The van der Waals surface area contributed by atoms with Gasteiger partial charge in [-0.1, -0.05) is 11.6 Å². The average molecular weight is 280 g/mol. The second-order valence-corrected chi connectivity index (χ2v) is 5.45. The first-order valence-electron chi connectivity index (χ1n) is 5.44. The van der Waals surface area contributed by atoms with E-state index in [1.165, 1.54) is 11.3 Å². The Balaban J connectivity index is 2.42. The molecule has 3 rings (SSSR count). The Hall–Kier alpha value is -1.43. The van der Waals surface area contributed by atoms with Gasteiger partial charge >= 0.3 is 0 Å². The second kappa shape index (κ2) is 4.35. The maximum Gasteiger partial charge on any atom is 0.268 e. The highest BCUT2D eigenvalue weighted by Gasteiger charge is 2.11. The van der Waals surface area contributed by atoms with E-state index in [-0.39, 0.29) is 5.56 Å². The number of thiophene rings is 1. The summed E-state index contributed by atoms with van der Waals surface area (Å²) in [5.74, 6) is 0.634. The molecule has 92 valence electrons. The number of benzene rings is 1. The number of hydrogen-bond acceptors (Lipinski definition) is 4. The molecule has 1 aromatic carbocycles. The van der Waals surface area contributed by atoms with Crippen LogP contribution in [0.3, 0.4) is 0 Å². The number of rotatable bonds is 2. The zero-order valence-corrected chi connectivity index (χ0v) is 11.2. The van der Waals surface area contributed by atoms with Gasteiger partial charge in [0.25, 0.3) is 5.56 Å². The molecule has 4 nitrogen and oxygen atoms in total. The van der Waals surface area contributed by atoms with E-state index in [1.807, 2.05) is 25.2 Å². The monoisotopic (exact) mass is 279 g/mol. The van der Waals surface area contributed by atoms with Crippen LogP contribution in [0.15, 0.2) is 23.0 Å². The van der Waals surface area contributed by atoms with Gasteiger partial charge in [-0.15, -0.1) is 11.3 Å². The van der Waals surface area contributed by atoms with Crippen LogP contribution in [0, 0.1) is 0 Å². The Morgan fingerprint density at radius 3 is 3.11 bits per heavy atom. The molecule has 18 heavy (non-hydrogen) atoms. The lowest BCUT2D eigenvalue weighted by atomic mass is 10.2. The summed E-state index contributed by atoms with van der Waals surface area (Å²) in [6.07, 6.45) is 0. The molecule has 0 radical (unpaired) electrons. The van der Waals surface area contributed by atoms with Crippen LogP contribution >= 0.6 is 22.9 Å². The molecule has 2 aromatic heterocycles. The van der Waals surface area contributed by atoms with Crippen molar-refractivity contribution in [3.63, 3.8) is 0 Å². The van der Waals surface area contributed by atoms with Crippen LogP contribution in [0.1, 0.15) is 5.82 Å². The minimum absolute atomic E-state index is 0.0948. The number of halogens is 1. The molecule has 0 fully saturated rings. The summed E-state index contributed by atoms with van der Waals surface area (Å²) in [7, 11) is 1.81. The summed E-state index contributed by atoms with van der Waals surface area (Å²) >= 11 is 7.43. The van der Waals surface area contributed by atoms with Crippen molar-refractivity contribution >= 4 is 43.2 Å². The minimum atomic E-state index is -0.0948. The van der Waals surface area contributed by atoms with E-state index >= 15 is 0 Å². The fourth-order valence-electron chi connectivity index (χ4n) is 1.92. The van der Waals surface area contributed by atoms with E-state index in [9.17, 15) is 4.79 Å². The molecule has 0 aliphatic carbocycles. The summed E-state index contributed by atoms with van der Waals surface area (Å²) in [5, 5.41) is 4.56. The Kier molecular flexibility index (Phi) is 2.81. The van der Waals surface area contributed by atoms with Crippen LogP contribution in [0.2, 0.25) is 5.02 Å². The standard InChI is InChI=1S/C12H10ClN3OS/c1-14-5-9-15-10-7-4-6(13)2-3-8(7)18-11(10)12(17)16-9/h2-4,14H,5H2,1H3,(H,15,16,17). The van der Waals surface area contributed by atoms with E-state index in [0.717, 1.165) is 15.6 Å². The summed E-state index contributed by atoms with van der Waals surface area (Å²) < 4.78 is 1.67. The molecule has 0 aliphatic heterocycles.